The summed E-state index contributed by atoms with van der Waals surface area (Å²) in [5, 5.41) is 14.6. The summed E-state index contributed by atoms with van der Waals surface area (Å²) in [6.07, 6.45) is 6.50. The van der Waals surface area contributed by atoms with Crippen LogP contribution in [0.2, 0.25) is 5.02 Å². The number of pyridine rings is 1. The number of rotatable bonds is 7. The lowest BCUT2D eigenvalue weighted by Crippen LogP contribution is -2.44. The van der Waals surface area contributed by atoms with Crippen LogP contribution in [0.15, 0.2) is 79.3 Å². The molecule has 0 aliphatic carbocycles. The fraction of sp³-hybridized carbons (Fsp3) is 0.258. The van der Waals surface area contributed by atoms with Gasteiger partial charge in [0.25, 0.3) is 0 Å². The molecule has 5 rings (SSSR count). The summed E-state index contributed by atoms with van der Waals surface area (Å²) in [7, 11) is 0. The van der Waals surface area contributed by atoms with Crippen LogP contribution in [-0.4, -0.2) is 66.1 Å². The Balaban J connectivity index is 1.38. The summed E-state index contributed by atoms with van der Waals surface area (Å²) in [4.78, 5) is 45.4. The van der Waals surface area contributed by atoms with Gasteiger partial charge in [0.15, 0.2) is 0 Å². The number of likely N-dealkylation sites (tertiary alicyclic amines) is 1. The first-order chi connectivity index (χ1) is 20.6. The number of nitrogens with one attached hydrogen (secondary N) is 1. The molecule has 0 saturated carbocycles. The van der Waals surface area contributed by atoms with Crippen molar-refractivity contribution < 1.29 is 19.1 Å². The lowest BCUT2D eigenvalue weighted by Gasteiger charge is -2.27. The first-order valence-corrected chi connectivity index (χ1v) is 14.0. The normalized spacial score (nSPS) is 16.8. The van der Waals surface area contributed by atoms with Gasteiger partial charge in [-0.1, -0.05) is 41.9 Å². The summed E-state index contributed by atoms with van der Waals surface area (Å²) in [5.41, 5.74) is 2.08. The molecule has 4 aromatic rings. The van der Waals surface area contributed by atoms with E-state index in [0.717, 1.165) is 5.56 Å². The second kappa shape index (κ2) is 12.5. The van der Waals surface area contributed by atoms with E-state index in [4.69, 9.17) is 16.3 Å². The summed E-state index contributed by atoms with van der Waals surface area (Å²) in [5.74, 6) is -1.48. The SMILES string of the molecule is CC(C)(C)OC(=O)c1ccc(NC(=O)[C@@H]2[C@@H](c3ccccc3)CCN2C(=O)/C=C/c2cc(Cl)ccc2-n2cnnn2)cn1. The van der Waals surface area contributed by atoms with Gasteiger partial charge in [-0.3, -0.25) is 9.59 Å². The fourth-order valence-electron chi connectivity index (χ4n) is 4.94. The van der Waals surface area contributed by atoms with E-state index in [2.05, 4.69) is 25.8 Å². The number of amides is 2. The van der Waals surface area contributed by atoms with E-state index < -0.39 is 17.6 Å². The first-order valence-electron chi connectivity index (χ1n) is 13.7. The maximum absolute atomic E-state index is 13.8. The summed E-state index contributed by atoms with van der Waals surface area (Å²) >= 11 is 6.23. The molecule has 1 saturated heterocycles. The molecule has 2 aromatic heterocycles. The third kappa shape index (κ3) is 7.12. The van der Waals surface area contributed by atoms with Crippen molar-refractivity contribution in [1.29, 1.82) is 0 Å². The van der Waals surface area contributed by atoms with E-state index in [1.165, 1.54) is 29.3 Å². The van der Waals surface area contributed by atoms with Crippen LogP contribution in [0.5, 0.6) is 0 Å². The van der Waals surface area contributed by atoms with Crippen LogP contribution in [0.25, 0.3) is 11.8 Å². The summed E-state index contributed by atoms with van der Waals surface area (Å²) in [6, 6.07) is 17.1. The quantitative estimate of drug-likeness (QED) is 0.239. The Morgan fingerprint density at radius 3 is 2.53 bits per heavy atom. The molecule has 0 bridgehead atoms. The standard InChI is InChI=1S/C31H30ClN7O4/c1-31(2,3)43-30(42)25-12-11-23(18-33-25)35-29(41)28-24(20-7-5-4-6-8-20)15-16-38(28)27(40)14-9-21-17-22(32)10-13-26(21)39-19-34-36-37-39/h4-14,17-19,24,28H,15-16H2,1-3H3,(H,35,41)/b14-9+/t24-,28+/m1/s1. The third-order valence-electron chi connectivity index (χ3n) is 6.81. The van der Waals surface area contributed by atoms with Gasteiger partial charge in [-0.25, -0.2) is 9.78 Å². The highest BCUT2D eigenvalue weighted by molar-refractivity contribution is 6.30. The molecule has 43 heavy (non-hydrogen) atoms. The minimum absolute atomic E-state index is 0.125. The van der Waals surface area contributed by atoms with Gasteiger partial charge in [0.2, 0.25) is 11.8 Å². The fourth-order valence-corrected chi connectivity index (χ4v) is 5.12. The Labute approximate surface area is 253 Å². The topological polar surface area (TPSA) is 132 Å². The van der Waals surface area contributed by atoms with Gasteiger partial charge in [-0.05, 0) is 79.6 Å². The zero-order valence-electron chi connectivity index (χ0n) is 23.8. The average Bonchev–Trinajstić information content (AvgIpc) is 3.67. The zero-order valence-corrected chi connectivity index (χ0v) is 24.6. The Morgan fingerprint density at radius 2 is 1.86 bits per heavy atom. The zero-order chi connectivity index (χ0) is 30.6. The maximum atomic E-state index is 13.8. The molecule has 0 spiro atoms. The van der Waals surface area contributed by atoms with Crippen LogP contribution in [0.3, 0.4) is 0 Å². The Bertz CT molecular complexity index is 1640. The number of tetrazole rings is 1. The molecule has 1 aliphatic rings. The average molecular weight is 600 g/mol. The van der Waals surface area contributed by atoms with Crippen LogP contribution in [0.1, 0.15) is 54.7 Å². The lowest BCUT2D eigenvalue weighted by atomic mass is 9.91. The van der Waals surface area contributed by atoms with Crippen molar-refractivity contribution in [3.05, 3.63) is 101 Å². The number of esters is 1. The first kappa shape index (κ1) is 29.6. The van der Waals surface area contributed by atoms with Crippen LogP contribution in [0.4, 0.5) is 5.69 Å². The molecular formula is C31H30ClN7O4. The molecule has 2 aromatic carbocycles. The van der Waals surface area contributed by atoms with Gasteiger partial charge in [0, 0.05) is 29.1 Å². The highest BCUT2D eigenvalue weighted by Gasteiger charge is 2.42. The number of benzene rings is 2. The minimum Gasteiger partial charge on any atom is -0.455 e. The van der Waals surface area contributed by atoms with E-state index in [0.29, 0.717) is 34.9 Å². The van der Waals surface area contributed by atoms with Gasteiger partial charge in [-0.2, -0.15) is 4.68 Å². The van der Waals surface area contributed by atoms with Gasteiger partial charge < -0.3 is 15.0 Å². The Kier molecular flexibility index (Phi) is 8.63. The van der Waals surface area contributed by atoms with Crippen LogP contribution in [0, 0.1) is 0 Å². The predicted octanol–water partition coefficient (Wildman–Crippen LogP) is 4.70. The lowest BCUT2D eigenvalue weighted by molar-refractivity contribution is -0.133. The number of anilines is 1. The minimum atomic E-state index is -0.788. The predicted molar refractivity (Wildman–Crippen MR) is 161 cm³/mol. The number of halogens is 1. The van der Waals surface area contributed by atoms with Crippen LogP contribution < -0.4 is 5.32 Å². The van der Waals surface area contributed by atoms with E-state index in [1.807, 2.05) is 30.3 Å². The van der Waals surface area contributed by atoms with Crippen molar-refractivity contribution in [3.63, 3.8) is 0 Å². The van der Waals surface area contributed by atoms with Crippen molar-refractivity contribution in [2.24, 2.45) is 0 Å². The Morgan fingerprint density at radius 1 is 1.07 bits per heavy atom. The molecule has 2 amide bonds. The molecular weight excluding hydrogens is 570 g/mol. The molecule has 12 heteroatoms. The van der Waals surface area contributed by atoms with E-state index >= 15 is 0 Å². The number of hydrogen-bond acceptors (Lipinski definition) is 8. The number of carbonyl (C=O) groups is 3. The molecule has 3 heterocycles. The molecule has 1 fully saturated rings. The van der Waals surface area contributed by atoms with Gasteiger partial charge in [0.1, 0.15) is 23.7 Å². The molecule has 2 atom stereocenters. The van der Waals surface area contributed by atoms with Gasteiger partial charge >= 0.3 is 5.97 Å². The highest BCUT2D eigenvalue weighted by atomic mass is 35.5. The van der Waals surface area contributed by atoms with Crippen molar-refractivity contribution in [3.8, 4) is 5.69 Å². The second-order valence-corrected chi connectivity index (χ2v) is 11.4. The Hall–Kier alpha value is -4.90. The highest BCUT2D eigenvalue weighted by Crippen LogP contribution is 2.35. The van der Waals surface area contributed by atoms with E-state index in [-0.39, 0.29) is 23.4 Å². The number of aromatic nitrogens is 5. The third-order valence-corrected chi connectivity index (χ3v) is 7.04. The van der Waals surface area contributed by atoms with Crippen molar-refractivity contribution in [1.82, 2.24) is 30.1 Å². The second-order valence-electron chi connectivity index (χ2n) is 11.0. The van der Waals surface area contributed by atoms with Crippen molar-refractivity contribution in [2.45, 2.75) is 44.8 Å². The van der Waals surface area contributed by atoms with E-state index in [9.17, 15) is 14.4 Å². The maximum Gasteiger partial charge on any atom is 0.357 e. The van der Waals surface area contributed by atoms with Crippen molar-refractivity contribution in [2.75, 3.05) is 11.9 Å². The number of carbonyl (C=O) groups excluding carboxylic acids is 3. The van der Waals surface area contributed by atoms with Gasteiger partial charge in [-0.15, -0.1) is 5.10 Å². The number of nitrogens with zero attached hydrogens (tertiary/aromatic N) is 6. The summed E-state index contributed by atoms with van der Waals surface area (Å²) < 4.78 is 6.83. The van der Waals surface area contributed by atoms with Crippen molar-refractivity contribution >= 4 is 41.1 Å². The smallest absolute Gasteiger partial charge is 0.357 e. The molecule has 11 nitrogen and oxygen atoms in total. The van der Waals surface area contributed by atoms with E-state index in [1.54, 1.807) is 56.0 Å². The molecule has 220 valence electrons. The monoisotopic (exact) mass is 599 g/mol. The summed E-state index contributed by atoms with van der Waals surface area (Å²) in [6.45, 7) is 5.70. The largest absolute Gasteiger partial charge is 0.455 e. The number of ether oxygens (including phenoxy) is 1. The van der Waals surface area contributed by atoms with Gasteiger partial charge in [0.05, 0.1) is 17.6 Å². The molecule has 0 radical (unpaired) electrons. The molecule has 1 aliphatic heterocycles. The number of hydrogen-bond donors (Lipinski definition) is 1. The van der Waals surface area contributed by atoms with Crippen LogP contribution in [-0.2, 0) is 14.3 Å². The van der Waals surface area contributed by atoms with Crippen LogP contribution >= 0.6 is 11.6 Å². The molecule has 0 unspecified atom stereocenters. The molecule has 1 N–H and O–H groups in total.